The van der Waals surface area contributed by atoms with Gasteiger partial charge < -0.3 is 9.84 Å². The zero-order chi connectivity index (χ0) is 21.8. The number of benzene rings is 3. The number of nitrogens with zero attached hydrogens (tertiary/aromatic N) is 1. The van der Waals surface area contributed by atoms with E-state index in [4.69, 9.17) is 16.3 Å². The normalized spacial score (nSPS) is 11.5. The Kier molecular flexibility index (Phi) is 5.96. The summed E-state index contributed by atoms with van der Waals surface area (Å²) in [5, 5.41) is 10.9. The lowest BCUT2D eigenvalue weighted by Crippen LogP contribution is -2.01. The number of aliphatic carboxylic acids is 1. The number of aromatic nitrogens is 1. The average molecular weight is 434 g/mol. The van der Waals surface area contributed by atoms with Crippen molar-refractivity contribution in [3.8, 4) is 5.75 Å². The monoisotopic (exact) mass is 433 g/mol. The lowest BCUT2D eigenvalue weighted by molar-refractivity contribution is -0.130. The van der Waals surface area contributed by atoms with Crippen LogP contribution >= 0.6 is 11.6 Å². The third-order valence-corrected chi connectivity index (χ3v) is 4.94. The summed E-state index contributed by atoms with van der Waals surface area (Å²) >= 11 is 5.76. The second-order valence-electron chi connectivity index (χ2n) is 6.84. The molecule has 0 aliphatic rings. The second-order valence-corrected chi connectivity index (χ2v) is 7.27. The fourth-order valence-corrected chi connectivity index (χ4v) is 3.28. The first-order valence-electron chi connectivity index (χ1n) is 9.47. The van der Waals surface area contributed by atoms with E-state index in [0.29, 0.717) is 11.3 Å². The molecule has 0 spiro atoms. The van der Waals surface area contributed by atoms with Crippen LogP contribution in [0.2, 0.25) is 5.02 Å². The number of carboxylic acid groups (broad SMARTS) is 1. The second kappa shape index (κ2) is 8.98. The molecule has 0 unspecified atom stereocenters. The van der Waals surface area contributed by atoms with Crippen LogP contribution in [-0.2, 0) is 11.4 Å². The van der Waals surface area contributed by atoms with Crippen molar-refractivity contribution in [1.29, 1.82) is 0 Å². The molecule has 1 heterocycles. The van der Waals surface area contributed by atoms with E-state index in [1.165, 1.54) is 18.2 Å². The molecule has 31 heavy (non-hydrogen) atoms. The molecule has 1 N–H and O–H groups in total. The molecule has 4 aromatic rings. The fourth-order valence-electron chi connectivity index (χ4n) is 3.12. The van der Waals surface area contributed by atoms with Crippen molar-refractivity contribution >= 4 is 40.1 Å². The molecule has 0 bridgehead atoms. The highest BCUT2D eigenvalue weighted by Crippen LogP contribution is 2.24. The first-order valence-corrected chi connectivity index (χ1v) is 9.85. The van der Waals surface area contributed by atoms with Crippen LogP contribution in [0.15, 0.2) is 78.9 Å². The van der Waals surface area contributed by atoms with Crippen molar-refractivity contribution in [3.05, 3.63) is 107 Å². The average Bonchev–Trinajstić information content (AvgIpc) is 2.77. The van der Waals surface area contributed by atoms with Crippen molar-refractivity contribution in [1.82, 2.24) is 4.98 Å². The minimum absolute atomic E-state index is 0.0380. The molecule has 0 saturated heterocycles. The molecule has 6 heteroatoms. The van der Waals surface area contributed by atoms with Gasteiger partial charge in [-0.25, -0.2) is 14.2 Å². The number of hydrogen-bond donors (Lipinski definition) is 1. The van der Waals surface area contributed by atoms with E-state index in [-0.39, 0.29) is 22.8 Å². The summed E-state index contributed by atoms with van der Waals surface area (Å²) in [7, 11) is 0. The summed E-state index contributed by atoms with van der Waals surface area (Å²) in [4.78, 5) is 16.3. The molecule has 1 aromatic heterocycles. The van der Waals surface area contributed by atoms with E-state index >= 15 is 0 Å². The van der Waals surface area contributed by atoms with E-state index < -0.39 is 11.8 Å². The van der Waals surface area contributed by atoms with Gasteiger partial charge in [-0.05, 0) is 48.0 Å². The number of hydrogen-bond acceptors (Lipinski definition) is 3. The van der Waals surface area contributed by atoms with Crippen LogP contribution in [0.25, 0.3) is 22.6 Å². The van der Waals surface area contributed by atoms with Gasteiger partial charge in [-0.3, -0.25) is 0 Å². The maximum Gasteiger partial charge on any atom is 0.336 e. The molecule has 0 atom stereocenters. The molecule has 0 saturated carbocycles. The first kappa shape index (κ1) is 20.6. The Bertz CT molecular complexity index is 1290. The zero-order valence-electron chi connectivity index (χ0n) is 16.3. The van der Waals surface area contributed by atoms with Crippen molar-refractivity contribution < 1.29 is 19.0 Å². The third kappa shape index (κ3) is 4.90. The summed E-state index contributed by atoms with van der Waals surface area (Å²) in [5.41, 5.74) is 2.21. The summed E-state index contributed by atoms with van der Waals surface area (Å²) in [6, 6.07) is 22.4. The Morgan fingerprint density at radius 2 is 1.81 bits per heavy atom. The highest BCUT2D eigenvalue weighted by molar-refractivity contribution is 6.30. The highest BCUT2D eigenvalue weighted by Gasteiger charge is 2.12. The van der Waals surface area contributed by atoms with E-state index in [0.717, 1.165) is 22.7 Å². The number of rotatable bonds is 6. The number of halogens is 2. The van der Waals surface area contributed by atoms with E-state index in [9.17, 15) is 14.3 Å². The molecular formula is C25H17ClFNO3. The SMILES string of the molecule is O=C(O)/C(=C/c1ccc(Cl)cc1F)c1ccc(OCc2ccc3ccccc3n2)cc1. The van der Waals surface area contributed by atoms with Crippen LogP contribution in [0.5, 0.6) is 5.75 Å². The summed E-state index contributed by atoms with van der Waals surface area (Å²) < 4.78 is 19.8. The van der Waals surface area contributed by atoms with Crippen molar-refractivity contribution in [2.75, 3.05) is 0 Å². The van der Waals surface area contributed by atoms with Crippen LogP contribution in [0.3, 0.4) is 0 Å². The largest absolute Gasteiger partial charge is 0.487 e. The predicted octanol–water partition coefficient (Wildman–Crippen LogP) is 6.23. The topological polar surface area (TPSA) is 59.4 Å². The minimum atomic E-state index is -1.16. The van der Waals surface area contributed by atoms with E-state index in [1.807, 2.05) is 36.4 Å². The van der Waals surface area contributed by atoms with Crippen LogP contribution in [-0.4, -0.2) is 16.1 Å². The Hall–Kier alpha value is -3.70. The Morgan fingerprint density at radius 3 is 2.55 bits per heavy atom. The summed E-state index contributed by atoms with van der Waals surface area (Å²) in [6.07, 6.45) is 1.28. The van der Waals surface area contributed by atoms with Gasteiger partial charge in [-0.2, -0.15) is 0 Å². The number of ether oxygens (including phenoxy) is 1. The van der Waals surface area contributed by atoms with Crippen molar-refractivity contribution in [2.45, 2.75) is 6.61 Å². The molecule has 154 valence electrons. The van der Waals surface area contributed by atoms with Crippen LogP contribution < -0.4 is 4.74 Å². The molecule has 0 aliphatic carbocycles. The van der Waals surface area contributed by atoms with Gasteiger partial charge in [0.25, 0.3) is 0 Å². The summed E-state index contributed by atoms with van der Waals surface area (Å²) in [6.45, 7) is 0.280. The highest BCUT2D eigenvalue weighted by atomic mass is 35.5. The first-order chi connectivity index (χ1) is 15.0. The molecular weight excluding hydrogens is 417 g/mol. The van der Waals surface area contributed by atoms with Gasteiger partial charge >= 0.3 is 5.97 Å². The molecule has 4 nitrogen and oxygen atoms in total. The van der Waals surface area contributed by atoms with Crippen LogP contribution in [0.4, 0.5) is 4.39 Å². The lowest BCUT2D eigenvalue weighted by Gasteiger charge is -2.09. The number of pyridine rings is 1. The van der Waals surface area contributed by atoms with E-state index in [2.05, 4.69) is 4.98 Å². The van der Waals surface area contributed by atoms with Gasteiger partial charge in [-0.15, -0.1) is 0 Å². The zero-order valence-corrected chi connectivity index (χ0v) is 17.0. The van der Waals surface area contributed by atoms with Gasteiger partial charge in [0.1, 0.15) is 18.2 Å². The summed E-state index contributed by atoms with van der Waals surface area (Å²) in [5.74, 6) is -1.18. The fraction of sp³-hybridized carbons (Fsp3) is 0.0400. The molecule has 0 amide bonds. The maximum absolute atomic E-state index is 14.1. The van der Waals surface area contributed by atoms with Crippen molar-refractivity contribution in [3.63, 3.8) is 0 Å². The quantitative estimate of drug-likeness (QED) is 0.289. The molecule has 0 radical (unpaired) electrons. The molecule has 0 fully saturated rings. The van der Waals surface area contributed by atoms with Crippen LogP contribution in [0.1, 0.15) is 16.8 Å². The van der Waals surface area contributed by atoms with Gasteiger partial charge in [0.15, 0.2) is 0 Å². The Morgan fingerprint density at radius 1 is 1.03 bits per heavy atom. The Labute approximate surface area is 183 Å². The minimum Gasteiger partial charge on any atom is -0.487 e. The van der Waals surface area contributed by atoms with Crippen molar-refractivity contribution in [2.24, 2.45) is 0 Å². The molecule has 4 rings (SSSR count). The molecule has 3 aromatic carbocycles. The van der Waals surface area contributed by atoms with Gasteiger partial charge in [-0.1, -0.05) is 54.1 Å². The number of carbonyl (C=O) groups is 1. The van der Waals surface area contributed by atoms with Gasteiger partial charge in [0.05, 0.1) is 16.8 Å². The number of para-hydroxylation sites is 1. The van der Waals surface area contributed by atoms with Gasteiger partial charge in [0, 0.05) is 16.0 Å². The smallest absolute Gasteiger partial charge is 0.336 e. The predicted molar refractivity (Wildman–Crippen MR) is 119 cm³/mol. The molecule has 0 aliphatic heterocycles. The van der Waals surface area contributed by atoms with Gasteiger partial charge in [0.2, 0.25) is 0 Å². The number of carboxylic acids is 1. The van der Waals surface area contributed by atoms with E-state index in [1.54, 1.807) is 24.3 Å². The number of fused-ring (bicyclic) bond motifs is 1. The maximum atomic E-state index is 14.1. The Balaban J connectivity index is 1.51. The third-order valence-electron chi connectivity index (χ3n) is 4.70. The standard InChI is InChI=1S/C25H17ClFNO3/c26-19-9-5-18(23(27)14-19)13-22(25(29)30)16-7-11-21(12-8-16)31-15-20-10-6-17-3-1-2-4-24(17)28-20/h1-14H,15H2,(H,29,30)/b22-13+. The van der Waals surface area contributed by atoms with Crippen LogP contribution in [0, 0.1) is 5.82 Å². The lowest BCUT2D eigenvalue weighted by atomic mass is 10.0.